The number of nitrogens with one attached hydrogen (secondary N) is 2. The quantitative estimate of drug-likeness (QED) is 0.248. The van der Waals surface area contributed by atoms with E-state index in [0.717, 1.165) is 12.1 Å². The number of aliphatic hydroxyl groups is 1. The molecule has 29 heavy (non-hydrogen) atoms. The molecule has 2 atom stereocenters. The van der Waals surface area contributed by atoms with Crippen molar-refractivity contribution in [3.05, 3.63) is 71.8 Å². The first-order valence-corrected chi connectivity index (χ1v) is 10.6. The van der Waals surface area contributed by atoms with Crippen molar-refractivity contribution in [3.63, 3.8) is 0 Å². The highest BCUT2D eigenvalue weighted by molar-refractivity contribution is 7.80. The van der Waals surface area contributed by atoms with Gasteiger partial charge in [0.15, 0.2) is 0 Å². The van der Waals surface area contributed by atoms with Crippen LogP contribution in [0.4, 0.5) is 0 Å². The largest absolute Gasteiger partial charge is 0.394 e. The molecule has 0 heterocycles. The van der Waals surface area contributed by atoms with Crippen molar-refractivity contribution in [2.45, 2.75) is 25.2 Å². The minimum Gasteiger partial charge on any atom is -0.394 e. The third kappa shape index (κ3) is 8.16. The van der Waals surface area contributed by atoms with Crippen molar-refractivity contribution in [1.82, 2.24) is 15.5 Å². The predicted octanol–water partition coefficient (Wildman–Crippen LogP) is 1.01. The number of benzene rings is 2. The normalized spacial score (nSPS) is 13.1. The van der Waals surface area contributed by atoms with Gasteiger partial charge in [0.2, 0.25) is 5.91 Å². The zero-order valence-corrected chi connectivity index (χ0v) is 17.6. The minimum atomic E-state index is -0.685. The van der Waals surface area contributed by atoms with E-state index >= 15 is 0 Å². The smallest absolute Gasteiger partial charge is 0.240 e. The molecule has 2 unspecified atom stereocenters. The molecule has 0 aromatic heterocycles. The van der Waals surface area contributed by atoms with Crippen molar-refractivity contribution < 1.29 is 9.90 Å². The Bertz CT molecular complexity index is 702. The van der Waals surface area contributed by atoms with E-state index in [0.29, 0.717) is 26.2 Å². The molecule has 158 valence electrons. The van der Waals surface area contributed by atoms with Gasteiger partial charge in [-0.25, -0.2) is 0 Å². The zero-order valence-electron chi connectivity index (χ0n) is 16.7. The van der Waals surface area contributed by atoms with Crippen LogP contribution in [0.1, 0.15) is 11.1 Å². The number of nitrogens with zero attached hydrogens (tertiary/aromatic N) is 1. The molecule has 2 aromatic rings. The number of carbonyl (C=O) groups excluding carboxylic acids is 1. The molecule has 0 fully saturated rings. The molecule has 6 nitrogen and oxygen atoms in total. The maximum absolute atomic E-state index is 12.8. The third-order valence-corrected chi connectivity index (χ3v) is 5.10. The van der Waals surface area contributed by atoms with Crippen LogP contribution in [0.25, 0.3) is 0 Å². The molecule has 0 radical (unpaired) electrons. The van der Waals surface area contributed by atoms with Gasteiger partial charge >= 0.3 is 0 Å². The maximum atomic E-state index is 12.8. The van der Waals surface area contributed by atoms with Crippen molar-refractivity contribution in [2.24, 2.45) is 5.73 Å². The lowest BCUT2D eigenvalue weighted by Gasteiger charge is -2.33. The lowest BCUT2D eigenvalue weighted by molar-refractivity contribution is -0.135. The first kappa shape index (κ1) is 23.4. The Balaban J connectivity index is 1.90. The number of aliphatic hydroxyl groups excluding tert-OH is 1. The van der Waals surface area contributed by atoms with Gasteiger partial charge in [0, 0.05) is 38.5 Å². The van der Waals surface area contributed by atoms with Crippen LogP contribution >= 0.6 is 12.6 Å². The van der Waals surface area contributed by atoms with E-state index in [1.165, 1.54) is 5.56 Å². The Morgan fingerprint density at radius 1 is 1.00 bits per heavy atom. The molecule has 5 N–H and O–H groups in total. The second kappa shape index (κ2) is 13.3. The van der Waals surface area contributed by atoms with Gasteiger partial charge in [0.1, 0.15) is 0 Å². The first-order chi connectivity index (χ1) is 14.2. The molecule has 1 amide bonds. The van der Waals surface area contributed by atoms with Gasteiger partial charge in [-0.15, -0.1) is 0 Å². The lowest BCUT2D eigenvalue weighted by Crippen LogP contribution is -2.55. The van der Waals surface area contributed by atoms with E-state index in [2.05, 4.69) is 35.4 Å². The molecule has 0 aliphatic rings. The standard InChI is InChI=1S/C22H32N4O2S/c23-21(17-29)22(28)26(12-11-24-13-18-7-3-1-4-8-18)20(16-27)15-25-14-19-9-5-2-6-10-19/h1-10,20-21,24-25,27,29H,11-17,23H2. The topological polar surface area (TPSA) is 90.6 Å². The highest BCUT2D eigenvalue weighted by atomic mass is 32.1. The van der Waals surface area contributed by atoms with Gasteiger partial charge in [0.05, 0.1) is 18.7 Å². The average molecular weight is 417 g/mol. The fraction of sp³-hybridized carbons (Fsp3) is 0.409. The number of carbonyl (C=O) groups is 1. The predicted molar refractivity (Wildman–Crippen MR) is 121 cm³/mol. The Hall–Kier alpha value is -1.90. The fourth-order valence-corrected chi connectivity index (χ4v) is 3.20. The molecule has 0 bridgehead atoms. The maximum Gasteiger partial charge on any atom is 0.240 e. The summed E-state index contributed by atoms with van der Waals surface area (Å²) >= 11 is 4.16. The molecule has 0 spiro atoms. The number of hydrogen-bond acceptors (Lipinski definition) is 6. The highest BCUT2D eigenvalue weighted by Gasteiger charge is 2.26. The summed E-state index contributed by atoms with van der Waals surface area (Å²) in [5, 5.41) is 16.6. The van der Waals surface area contributed by atoms with Gasteiger partial charge in [-0.2, -0.15) is 12.6 Å². The summed E-state index contributed by atoms with van der Waals surface area (Å²) in [5.74, 6) is 0.0737. The van der Waals surface area contributed by atoms with Gasteiger partial charge < -0.3 is 26.4 Å². The van der Waals surface area contributed by atoms with E-state index in [4.69, 9.17) is 5.73 Å². The lowest BCUT2D eigenvalue weighted by atomic mass is 10.2. The Morgan fingerprint density at radius 3 is 2.07 bits per heavy atom. The highest BCUT2D eigenvalue weighted by Crippen LogP contribution is 2.05. The Labute approximate surface area is 178 Å². The van der Waals surface area contributed by atoms with Crippen LogP contribution in [-0.2, 0) is 17.9 Å². The zero-order chi connectivity index (χ0) is 20.9. The molecule has 2 aromatic carbocycles. The molecule has 0 saturated carbocycles. The van der Waals surface area contributed by atoms with Gasteiger partial charge in [-0.05, 0) is 11.1 Å². The summed E-state index contributed by atoms with van der Waals surface area (Å²) in [6, 6.07) is 19.1. The summed E-state index contributed by atoms with van der Waals surface area (Å²) in [6.07, 6.45) is 0. The Kier molecular flexibility index (Phi) is 10.8. The minimum absolute atomic E-state index is 0.133. The van der Waals surface area contributed by atoms with Gasteiger partial charge in [0.25, 0.3) is 0 Å². The summed E-state index contributed by atoms with van der Waals surface area (Å²) in [4.78, 5) is 14.4. The van der Waals surface area contributed by atoms with Gasteiger partial charge in [-0.3, -0.25) is 4.79 Å². The molecule has 0 aliphatic carbocycles. The van der Waals surface area contributed by atoms with Crippen molar-refractivity contribution >= 4 is 18.5 Å². The number of hydrogen-bond donors (Lipinski definition) is 5. The summed E-state index contributed by atoms with van der Waals surface area (Å²) in [5.41, 5.74) is 8.27. The number of rotatable bonds is 13. The molecule has 7 heteroatoms. The van der Waals surface area contributed by atoms with Crippen molar-refractivity contribution in [3.8, 4) is 0 Å². The second-order valence-electron chi connectivity index (χ2n) is 6.94. The number of amides is 1. The van der Waals surface area contributed by atoms with Crippen molar-refractivity contribution in [2.75, 3.05) is 32.0 Å². The summed E-state index contributed by atoms with van der Waals surface area (Å²) < 4.78 is 0. The summed E-state index contributed by atoms with van der Waals surface area (Å²) in [6.45, 7) is 2.81. The number of nitrogens with two attached hydrogens (primary N) is 1. The van der Waals surface area contributed by atoms with E-state index in [1.54, 1.807) is 4.90 Å². The molecule has 2 rings (SSSR count). The van der Waals surface area contributed by atoms with Gasteiger partial charge in [-0.1, -0.05) is 60.7 Å². The molecular weight excluding hydrogens is 384 g/mol. The SMILES string of the molecule is NC(CS)C(=O)N(CCNCc1ccccc1)C(CO)CNCc1ccccc1. The second-order valence-corrected chi connectivity index (χ2v) is 7.30. The number of thiol groups is 1. The molecular formula is C22H32N4O2S. The van der Waals surface area contributed by atoms with Crippen LogP contribution in [0.15, 0.2) is 60.7 Å². The average Bonchev–Trinajstić information content (AvgIpc) is 2.78. The van der Waals surface area contributed by atoms with Crippen LogP contribution in [-0.4, -0.2) is 60.0 Å². The van der Waals surface area contributed by atoms with Crippen LogP contribution in [0, 0.1) is 0 Å². The summed E-state index contributed by atoms with van der Waals surface area (Å²) in [7, 11) is 0. The van der Waals surface area contributed by atoms with E-state index in [1.807, 2.05) is 48.5 Å². The van der Waals surface area contributed by atoms with Crippen molar-refractivity contribution in [1.29, 1.82) is 0 Å². The van der Waals surface area contributed by atoms with Crippen LogP contribution < -0.4 is 16.4 Å². The van der Waals surface area contributed by atoms with Crippen LogP contribution in [0.3, 0.4) is 0 Å². The van der Waals surface area contributed by atoms with Crippen LogP contribution in [0.2, 0.25) is 0 Å². The fourth-order valence-electron chi connectivity index (χ4n) is 3.04. The molecule has 0 saturated heterocycles. The van der Waals surface area contributed by atoms with E-state index in [-0.39, 0.29) is 24.3 Å². The Morgan fingerprint density at radius 2 is 1.55 bits per heavy atom. The molecule has 0 aliphatic heterocycles. The van der Waals surface area contributed by atoms with E-state index in [9.17, 15) is 9.90 Å². The van der Waals surface area contributed by atoms with Crippen LogP contribution in [0.5, 0.6) is 0 Å². The third-order valence-electron chi connectivity index (χ3n) is 4.70. The first-order valence-electron chi connectivity index (χ1n) is 9.92. The monoisotopic (exact) mass is 416 g/mol. The van der Waals surface area contributed by atoms with E-state index < -0.39 is 6.04 Å².